The molecule has 5 N–H and O–H groups in total. The van der Waals surface area contributed by atoms with Gasteiger partial charge in [-0.1, -0.05) is 50.4 Å². The maximum Gasteiger partial charge on any atom is 0.305 e. The number of benzene rings is 1. The molecule has 1 aromatic carbocycles. The number of aryl methyl sites for hydroxylation is 2. The number of allylic oxidation sites excluding steroid dienone is 4. The molecular formula is C27H40N2O5. The van der Waals surface area contributed by atoms with E-state index in [0.29, 0.717) is 25.8 Å². The van der Waals surface area contributed by atoms with Gasteiger partial charge in [-0.3, -0.25) is 9.59 Å². The van der Waals surface area contributed by atoms with Gasteiger partial charge in [-0.05, 0) is 74.8 Å². The van der Waals surface area contributed by atoms with E-state index in [-0.39, 0.29) is 18.1 Å². The van der Waals surface area contributed by atoms with E-state index < -0.39 is 30.1 Å². The van der Waals surface area contributed by atoms with Crippen LogP contribution in [-0.2, 0) is 16.0 Å². The summed E-state index contributed by atoms with van der Waals surface area (Å²) < 4.78 is 0. The van der Waals surface area contributed by atoms with E-state index in [1.54, 1.807) is 25.1 Å². The summed E-state index contributed by atoms with van der Waals surface area (Å²) in [6, 6.07) is 4.03. The van der Waals surface area contributed by atoms with Crippen molar-refractivity contribution in [2.75, 3.05) is 6.54 Å². The summed E-state index contributed by atoms with van der Waals surface area (Å²) >= 11 is 0. The third-order valence-electron chi connectivity index (χ3n) is 5.99. The largest absolute Gasteiger partial charge is 0.508 e. The summed E-state index contributed by atoms with van der Waals surface area (Å²) in [5.74, 6) is -1.23. The van der Waals surface area contributed by atoms with Crippen molar-refractivity contribution in [3.63, 3.8) is 0 Å². The number of hydrogen-bond acceptors (Lipinski definition) is 5. The number of carboxylic acids is 1. The van der Waals surface area contributed by atoms with Crippen molar-refractivity contribution in [2.45, 2.75) is 71.1 Å². The monoisotopic (exact) mass is 472 g/mol. The predicted molar refractivity (Wildman–Crippen MR) is 136 cm³/mol. The summed E-state index contributed by atoms with van der Waals surface area (Å²) in [5.41, 5.74) is 2.75. The molecule has 1 aromatic rings. The highest BCUT2D eigenvalue weighted by Gasteiger charge is 2.26. The Labute approximate surface area is 203 Å². The second kappa shape index (κ2) is 15.1. The first-order valence-corrected chi connectivity index (χ1v) is 11.8. The van der Waals surface area contributed by atoms with Gasteiger partial charge in [0, 0.05) is 0 Å². The van der Waals surface area contributed by atoms with Crippen LogP contribution in [0.15, 0.2) is 55.2 Å². The molecule has 7 nitrogen and oxygen atoms in total. The molecule has 1 rings (SSSR count). The molecule has 0 spiro atoms. The van der Waals surface area contributed by atoms with Gasteiger partial charge >= 0.3 is 5.97 Å². The Kier molecular flexibility index (Phi) is 12.9. The van der Waals surface area contributed by atoms with E-state index >= 15 is 0 Å². The van der Waals surface area contributed by atoms with Gasteiger partial charge in [-0.15, -0.1) is 0 Å². The van der Waals surface area contributed by atoms with Crippen molar-refractivity contribution in [1.82, 2.24) is 10.6 Å². The minimum absolute atomic E-state index is 0.0685. The van der Waals surface area contributed by atoms with E-state index in [2.05, 4.69) is 23.8 Å². The van der Waals surface area contributed by atoms with Crippen LogP contribution in [0.2, 0.25) is 0 Å². The standard InChI is InChI=1S/C27H40N2O5/c1-6-10-21(7-2)22(8-3)16-25(31)19(5)29-27(34)23(17-26(32)33)28-14-9-11-20-13-12-18(4)24(30)15-20/h6-7,10,12-13,15,19,22-23,25,28,30-31H,1-2,8-9,11,14,16-17H2,3-5H3,(H,29,34)(H,32,33)/b21-10+. The SMILES string of the molecule is C=C/C=C(\C=C)C(CC)CC(O)C(C)NC(=O)C(CC(=O)O)NCCCc1ccc(C)c(O)c1. The lowest BCUT2D eigenvalue weighted by Gasteiger charge is -2.27. The molecule has 0 fully saturated rings. The minimum atomic E-state index is -1.08. The molecule has 0 radical (unpaired) electrons. The van der Waals surface area contributed by atoms with Gasteiger partial charge in [0.1, 0.15) is 5.75 Å². The van der Waals surface area contributed by atoms with Gasteiger partial charge in [0.15, 0.2) is 0 Å². The summed E-state index contributed by atoms with van der Waals surface area (Å²) in [4.78, 5) is 24.1. The van der Waals surface area contributed by atoms with Crippen molar-refractivity contribution in [1.29, 1.82) is 0 Å². The summed E-state index contributed by atoms with van der Waals surface area (Å²) in [6.07, 6.45) is 6.71. The molecule has 4 unspecified atom stereocenters. The van der Waals surface area contributed by atoms with Gasteiger partial charge in [0.05, 0.1) is 24.6 Å². The van der Waals surface area contributed by atoms with Crippen LogP contribution in [0.25, 0.3) is 0 Å². The third kappa shape index (κ3) is 9.93. The van der Waals surface area contributed by atoms with Crippen LogP contribution in [-0.4, -0.2) is 51.9 Å². The highest BCUT2D eigenvalue weighted by molar-refractivity contribution is 5.86. The number of rotatable bonds is 16. The Morgan fingerprint density at radius 2 is 1.94 bits per heavy atom. The Morgan fingerprint density at radius 1 is 1.24 bits per heavy atom. The first-order valence-electron chi connectivity index (χ1n) is 11.8. The summed E-state index contributed by atoms with van der Waals surface area (Å²) in [5, 5.41) is 35.5. The number of carbonyl (C=O) groups excluding carboxylic acids is 1. The van der Waals surface area contributed by atoms with Crippen molar-refractivity contribution < 1.29 is 24.9 Å². The number of carboxylic acid groups (broad SMARTS) is 1. The molecule has 1 amide bonds. The van der Waals surface area contributed by atoms with Crippen molar-refractivity contribution in [3.05, 3.63) is 66.3 Å². The van der Waals surface area contributed by atoms with E-state index in [1.807, 2.05) is 32.1 Å². The van der Waals surface area contributed by atoms with Crippen LogP contribution in [0.5, 0.6) is 5.75 Å². The van der Waals surface area contributed by atoms with Crippen LogP contribution in [0.4, 0.5) is 0 Å². The molecular weight excluding hydrogens is 432 g/mol. The van der Waals surface area contributed by atoms with Gasteiger partial charge in [-0.25, -0.2) is 0 Å². The van der Waals surface area contributed by atoms with E-state index in [9.17, 15) is 24.9 Å². The molecule has 7 heteroatoms. The topological polar surface area (TPSA) is 119 Å². The Hall–Kier alpha value is -2.90. The number of amides is 1. The summed E-state index contributed by atoms with van der Waals surface area (Å²) in [6.45, 7) is 13.5. The second-order valence-corrected chi connectivity index (χ2v) is 8.64. The van der Waals surface area contributed by atoms with Crippen molar-refractivity contribution >= 4 is 11.9 Å². The number of phenols is 1. The number of aliphatic carboxylic acids is 1. The molecule has 0 aliphatic heterocycles. The number of phenolic OH excluding ortho intramolecular Hbond substituents is 1. The van der Waals surface area contributed by atoms with Gasteiger partial charge in [-0.2, -0.15) is 0 Å². The highest BCUT2D eigenvalue weighted by Crippen LogP contribution is 2.23. The number of nitrogens with one attached hydrogen (secondary N) is 2. The van der Waals surface area contributed by atoms with E-state index in [1.165, 1.54) is 0 Å². The Morgan fingerprint density at radius 3 is 2.50 bits per heavy atom. The maximum atomic E-state index is 12.8. The Bertz CT molecular complexity index is 865. The predicted octanol–water partition coefficient (Wildman–Crippen LogP) is 3.65. The molecule has 4 atom stereocenters. The average molecular weight is 473 g/mol. The van der Waals surface area contributed by atoms with Gasteiger partial charge in [0.25, 0.3) is 0 Å². The Balaban J connectivity index is 2.66. The molecule has 34 heavy (non-hydrogen) atoms. The number of aromatic hydroxyl groups is 1. The smallest absolute Gasteiger partial charge is 0.305 e. The molecule has 0 aliphatic rings. The number of aliphatic hydroxyl groups excluding tert-OH is 1. The van der Waals surface area contributed by atoms with Crippen molar-refractivity contribution in [2.24, 2.45) is 5.92 Å². The van der Waals surface area contributed by atoms with Crippen LogP contribution in [0.3, 0.4) is 0 Å². The first kappa shape index (κ1) is 29.1. The molecule has 0 saturated heterocycles. The average Bonchev–Trinajstić information content (AvgIpc) is 2.79. The summed E-state index contributed by atoms with van der Waals surface area (Å²) in [7, 11) is 0. The number of hydrogen-bond donors (Lipinski definition) is 5. The zero-order chi connectivity index (χ0) is 25.7. The van der Waals surface area contributed by atoms with Gasteiger partial charge in [0.2, 0.25) is 5.91 Å². The third-order valence-corrected chi connectivity index (χ3v) is 5.99. The number of aliphatic hydroxyl groups is 1. The lowest BCUT2D eigenvalue weighted by atomic mass is 9.88. The molecule has 0 bridgehead atoms. The van der Waals surface area contributed by atoms with Crippen LogP contribution < -0.4 is 10.6 Å². The normalized spacial score (nSPS) is 15.1. The maximum absolute atomic E-state index is 12.8. The minimum Gasteiger partial charge on any atom is -0.508 e. The zero-order valence-corrected chi connectivity index (χ0v) is 20.6. The van der Waals surface area contributed by atoms with Crippen molar-refractivity contribution in [3.8, 4) is 5.75 Å². The lowest BCUT2D eigenvalue weighted by molar-refractivity contribution is -0.140. The van der Waals surface area contributed by atoms with Gasteiger partial charge < -0.3 is 26.0 Å². The van der Waals surface area contributed by atoms with Crippen LogP contribution >= 0.6 is 0 Å². The first-order chi connectivity index (χ1) is 16.1. The fourth-order valence-corrected chi connectivity index (χ4v) is 3.77. The fraction of sp³-hybridized carbons (Fsp3) is 0.481. The highest BCUT2D eigenvalue weighted by atomic mass is 16.4. The molecule has 188 valence electrons. The second-order valence-electron chi connectivity index (χ2n) is 8.64. The lowest BCUT2D eigenvalue weighted by Crippen LogP contribution is -2.51. The quantitative estimate of drug-likeness (QED) is 0.185. The molecule has 0 heterocycles. The fourth-order valence-electron chi connectivity index (χ4n) is 3.77. The van der Waals surface area contributed by atoms with E-state index in [0.717, 1.165) is 23.1 Å². The molecule has 0 aromatic heterocycles. The molecule has 0 saturated carbocycles. The number of carbonyl (C=O) groups is 2. The molecule has 0 aliphatic carbocycles. The van der Waals surface area contributed by atoms with E-state index in [4.69, 9.17) is 0 Å². The zero-order valence-electron chi connectivity index (χ0n) is 20.6. The van der Waals surface area contributed by atoms with Crippen LogP contribution in [0, 0.1) is 12.8 Å². The van der Waals surface area contributed by atoms with Crippen LogP contribution in [0.1, 0.15) is 50.7 Å².